The minimum atomic E-state index is 0.275. The molecule has 2 aromatic carbocycles. The standard InChI is InChI=1S/C24H18O2S8/c25-15-5-1-13(2-6-15)17(19-31-21-22(32-19)28-10-9-27-21)18(14-3-7-16(26)8-4-14)20-33-23-24(34-20)30-12-11-29-23/h1-8,25-26H,9-12H2. The SMILES string of the molecule is Oc1ccc(C(=C2SC3=C(SCCS3)S2)C(=C2SC3=C(SCCS3)S2)c2ccc(O)cc2)cc1. The van der Waals surface area contributed by atoms with Crippen molar-refractivity contribution in [2.75, 3.05) is 23.0 Å². The topological polar surface area (TPSA) is 40.5 Å². The van der Waals surface area contributed by atoms with Gasteiger partial charge in [-0.3, -0.25) is 0 Å². The van der Waals surface area contributed by atoms with Crippen molar-refractivity contribution in [3.8, 4) is 11.5 Å². The van der Waals surface area contributed by atoms with Gasteiger partial charge in [0.25, 0.3) is 0 Å². The van der Waals surface area contributed by atoms with E-state index in [-0.39, 0.29) is 11.5 Å². The van der Waals surface area contributed by atoms with Crippen molar-refractivity contribution >= 4 is 105 Å². The average Bonchev–Trinajstić information content (AvgIpc) is 3.48. The minimum absolute atomic E-state index is 0.275. The minimum Gasteiger partial charge on any atom is -0.508 e. The van der Waals surface area contributed by atoms with Crippen molar-refractivity contribution in [1.29, 1.82) is 0 Å². The molecule has 0 aromatic heterocycles. The van der Waals surface area contributed by atoms with Crippen LogP contribution in [0.3, 0.4) is 0 Å². The molecule has 0 atom stereocenters. The summed E-state index contributed by atoms with van der Waals surface area (Å²) in [6, 6.07) is 15.2. The molecule has 0 fully saturated rings. The van der Waals surface area contributed by atoms with Crippen LogP contribution >= 0.6 is 94.1 Å². The predicted molar refractivity (Wildman–Crippen MR) is 164 cm³/mol. The van der Waals surface area contributed by atoms with E-state index in [4.69, 9.17) is 0 Å². The van der Waals surface area contributed by atoms with Crippen LogP contribution in [-0.2, 0) is 0 Å². The molecule has 0 aliphatic carbocycles. The molecule has 0 saturated carbocycles. The van der Waals surface area contributed by atoms with Gasteiger partial charge in [-0.15, -0.1) is 47.0 Å². The third-order valence-electron chi connectivity index (χ3n) is 5.14. The molecule has 2 N–H and O–H groups in total. The summed E-state index contributed by atoms with van der Waals surface area (Å²) in [6.45, 7) is 0. The molecule has 0 radical (unpaired) electrons. The van der Waals surface area contributed by atoms with E-state index in [1.807, 2.05) is 118 Å². The Balaban J connectivity index is 1.54. The highest BCUT2D eigenvalue weighted by Crippen LogP contribution is 2.66. The van der Waals surface area contributed by atoms with Gasteiger partial charge in [0.2, 0.25) is 0 Å². The number of allylic oxidation sites excluding steroid dienone is 2. The normalized spacial score (nSPS) is 20.0. The van der Waals surface area contributed by atoms with Gasteiger partial charge in [0.15, 0.2) is 0 Å². The number of hydrogen-bond donors (Lipinski definition) is 2. The summed E-state index contributed by atoms with van der Waals surface area (Å²) < 4.78 is 8.24. The van der Waals surface area contributed by atoms with Gasteiger partial charge in [0.1, 0.15) is 11.5 Å². The first-order valence-corrected chi connectivity index (χ1v) is 17.7. The fourth-order valence-corrected chi connectivity index (χ4v) is 15.8. The van der Waals surface area contributed by atoms with E-state index in [1.165, 1.54) is 36.6 Å². The molecule has 2 aromatic rings. The summed E-state index contributed by atoms with van der Waals surface area (Å²) >= 11 is 15.4. The zero-order valence-electron chi connectivity index (χ0n) is 17.6. The lowest BCUT2D eigenvalue weighted by molar-refractivity contribution is 0.474. The van der Waals surface area contributed by atoms with E-state index in [2.05, 4.69) is 0 Å². The van der Waals surface area contributed by atoms with Crippen LogP contribution in [-0.4, -0.2) is 33.2 Å². The predicted octanol–water partition coefficient (Wildman–Crippen LogP) is 9.31. The second kappa shape index (κ2) is 10.7. The quantitative estimate of drug-likeness (QED) is 0.359. The van der Waals surface area contributed by atoms with Gasteiger partial charge < -0.3 is 10.2 Å². The van der Waals surface area contributed by atoms with Crippen molar-refractivity contribution in [1.82, 2.24) is 0 Å². The Bertz CT molecular complexity index is 1120. The summed E-state index contributed by atoms with van der Waals surface area (Å²) in [5, 5.41) is 20.0. The van der Waals surface area contributed by atoms with Crippen LogP contribution in [0, 0.1) is 0 Å². The number of phenolic OH excluding ortho intramolecular Hbond substituents is 2. The van der Waals surface area contributed by atoms with E-state index < -0.39 is 0 Å². The molecule has 34 heavy (non-hydrogen) atoms. The Hall–Kier alpha value is -0.200. The zero-order chi connectivity index (χ0) is 23.1. The molecule has 0 amide bonds. The van der Waals surface area contributed by atoms with Gasteiger partial charge in [-0.1, -0.05) is 71.3 Å². The van der Waals surface area contributed by atoms with Crippen molar-refractivity contribution in [3.63, 3.8) is 0 Å². The molecule has 0 bridgehead atoms. The molecule has 0 spiro atoms. The van der Waals surface area contributed by atoms with Crippen LogP contribution in [0.15, 0.2) is 74.0 Å². The second-order valence-electron chi connectivity index (χ2n) is 7.37. The Morgan fingerprint density at radius 2 is 0.765 bits per heavy atom. The van der Waals surface area contributed by atoms with Crippen LogP contribution < -0.4 is 0 Å². The summed E-state index contributed by atoms with van der Waals surface area (Å²) in [7, 11) is 0. The Morgan fingerprint density at radius 3 is 1.06 bits per heavy atom. The monoisotopic (exact) mass is 594 g/mol. The van der Waals surface area contributed by atoms with Gasteiger partial charge in [0.05, 0.1) is 25.4 Å². The lowest BCUT2D eigenvalue weighted by Gasteiger charge is -2.19. The highest BCUT2D eigenvalue weighted by molar-refractivity contribution is 8.42. The lowest BCUT2D eigenvalue weighted by atomic mass is 9.94. The van der Waals surface area contributed by atoms with Crippen LogP contribution in [0.5, 0.6) is 11.5 Å². The molecule has 4 aliphatic rings. The summed E-state index contributed by atoms with van der Waals surface area (Å²) in [5.41, 5.74) is 4.62. The second-order valence-corrected chi connectivity index (χ2v) is 17.4. The van der Waals surface area contributed by atoms with Crippen molar-refractivity contribution in [2.45, 2.75) is 0 Å². The maximum Gasteiger partial charge on any atom is 0.115 e. The molecular formula is C24H18O2S8. The van der Waals surface area contributed by atoms with Crippen molar-refractivity contribution in [2.24, 2.45) is 0 Å². The number of phenols is 2. The first-order chi connectivity index (χ1) is 16.7. The van der Waals surface area contributed by atoms with E-state index in [1.54, 1.807) is 24.3 Å². The van der Waals surface area contributed by atoms with E-state index >= 15 is 0 Å². The smallest absolute Gasteiger partial charge is 0.115 e. The highest BCUT2D eigenvalue weighted by atomic mass is 32.3. The Kier molecular flexibility index (Phi) is 7.57. The van der Waals surface area contributed by atoms with Crippen molar-refractivity contribution < 1.29 is 10.2 Å². The van der Waals surface area contributed by atoms with Crippen molar-refractivity contribution in [3.05, 3.63) is 85.1 Å². The van der Waals surface area contributed by atoms with Crippen LogP contribution in [0.4, 0.5) is 0 Å². The third-order valence-corrected chi connectivity index (χ3v) is 16.7. The Labute approximate surface area is 233 Å². The molecule has 6 rings (SSSR count). The van der Waals surface area contributed by atoms with Crippen LogP contribution in [0.1, 0.15) is 11.1 Å². The zero-order valence-corrected chi connectivity index (χ0v) is 24.1. The fourth-order valence-electron chi connectivity index (χ4n) is 3.62. The maximum absolute atomic E-state index is 10.0. The summed E-state index contributed by atoms with van der Waals surface area (Å²) in [6.07, 6.45) is 0. The lowest BCUT2D eigenvalue weighted by Crippen LogP contribution is -1.95. The Morgan fingerprint density at radius 1 is 0.471 bits per heavy atom. The molecule has 4 heterocycles. The van der Waals surface area contributed by atoms with E-state index in [0.29, 0.717) is 0 Å². The van der Waals surface area contributed by atoms with Crippen LogP contribution in [0.25, 0.3) is 11.1 Å². The molecule has 0 unspecified atom stereocenters. The highest BCUT2D eigenvalue weighted by Gasteiger charge is 2.33. The van der Waals surface area contributed by atoms with Gasteiger partial charge >= 0.3 is 0 Å². The van der Waals surface area contributed by atoms with Gasteiger partial charge in [-0.25, -0.2) is 0 Å². The van der Waals surface area contributed by atoms with E-state index in [9.17, 15) is 10.2 Å². The largest absolute Gasteiger partial charge is 0.508 e. The number of hydrogen-bond acceptors (Lipinski definition) is 10. The molecule has 10 heteroatoms. The maximum atomic E-state index is 10.0. The molecule has 2 nitrogen and oxygen atoms in total. The van der Waals surface area contributed by atoms with Crippen LogP contribution in [0.2, 0.25) is 0 Å². The number of rotatable bonds is 3. The molecule has 174 valence electrons. The molecule has 0 saturated heterocycles. The third kappa shape index (κ3) is 4.98. The number of aromatic hydroxyl groups is 2. The molecular weight excluding hydrogens is 577 g/mol. The van der Waals surface area contributed by atoms with Gasteiger partial charge in [-0.2, -0.15) is 0 Å². The fraction of sp³-hybridized carbons (Fsp3) is 0.167. The summed E-state index contributed by atoms with van der Waals surface area (Å²) in [4.78, 5) is 0. The first kappa shape index (κ1) is 24.2. The average molecular weight is 595 g/mol. The number of benzene rings is 2. The summed E-state index contributed by atoms with van der Waals surface area (Å²) in [5.74, 6) is 5.17. The number of thioether (sulfide) groups is 8. The van der Waals surface area contributed by atoms with Gasteiger partial charge in [0, 0.05) is 34.2 Å². The van der Waals surface area contributed by atoms with E-state index in [0.717, 1.165) is 34.1 Å². The van der Waals surface area contributed by atoms with Gasteiger partial charge in [-0.05, 0) is 35.4 Å². The molecule has 4 aliphatic heterocycles. The first-order valence-electron chi connectivity index (χ1n) is 10.4.